The van der Waals surface area contributed by atoms with Gasteiger partial charge in [0.2, 0.25) is 5.89 Å². The highest BCUT2D eigenvalue weighted by molar-refractivity contribution is 6.09. The topological polar surface area (TPSA) is 81.8 Å². The minimum absolute atomic E-state index is 0.155. The van der Waals surface area contributed by atoms with Crippen LogP contribution in [-0.4, -0.2) is 60.3 Å². The zero-order chi connectivity index (χ0) is 25.8. The van der Waals surface area contributed by atoms with E-state index in [2.05, 4.69) is 19.8 Å². The molecule has 1 aliphatic heterocycles. The van der Waals surface area contributed by atoms with Gasteiger partial charge in [0.05, 0.1) is 37.6 Å². The number of hydrogen-bond donors (Lipinski definition) is 1. The van der Waals surface area contributed by atoms with Gasteiger partial charge in [-0.3, -0.25) is 9.69 Å². The third kappa shape index (κ3) is 5.40. The van der Waals surface area contributed by atoms with Gasteiger partial charge in [0.15, 0.2) is 0 Å². The number of hydrogen-bond acceptors (Lipinski definition) is 6. The highest BCUT2D eigenvalue weighted by Gasteiger charge is 2.27. The summed E-state index contributed by atoms with van der Waals surface area (Å²) in [5.41, 5.74) is 3.59. The average molecular weight is 503 g/mol. The number of fused-ring (bicyclic) bond motifs is 1. The lowest BCUT2D eigenvalue weighted by Crippen LogP contribution is -2.38. The molecule has 194 valence electrons. The van der Waals surface area contributed by atoms with Crippen molar-refractivity contribution in [3.05, 3.63) is 83.2 Å². The van der Waals surface area contributed by atoms with Crippen LogP contribution in [0.5, 0.6) is 5.75 Å². The number of oxazole rings is 1. The van der Waals surface area contributed by atoms with E-state index in [0.717, 1.165) is 67.3 Å². The van der Waals surface area contributed by atoms with Crippen molar-refractivity contribution in [1.82, 2.24) is 19.8 Å². The fourth-order valence-electron chi connectivity index (χ4n) is 5.11. The zero-order valence-electron chi connectivity index (χ0n) is 21.7. The smallest absolute Gasteiger partial charge is 0.254 e. The molecule has 5 rings (SSSR count). The summed E-state index contributed by atoms with van der Waals surface area (Å²) >= 11 is 0. The number of methoxy groups -OCH3 is 1. The normalized spacial score (nSPS) is 15.1. The first-order chi connectivity index (χ1) is 18.0. The van der Waals surface area contributed by atoms with Crippen molar-refractivity contribution < 1.29 is 18.7 Å². The molecule has 1 aliphatic rings. The average Bonchev–Trinajstić information content (AvgIpc) is 3.48. The summed E-state index contributed by atoms with van der Waals surface area (Å²) in [4.78, 5) is 20.7. The second-order valence-electron chi connectivity index (χ2n) is 9.45. The summed E-state index contributed by atoms with van der Waals surface area (Å²) in [6.45, 7) is 8.84. The lowest BCUT2D eigenvalue weighted by atomic mass is 10.0. The van der Waals surface area contributed by atoms with Crippen LogP contribution in [0.25, 0.3) is 10.9 Å². The molecule has 4 aromatic rings. The fraction of sp³-hybridized carbons (Fsp3) is 0.379. The van der Waals surface area contributed by atoms with Gasteiger partial charge < -0.3 is 23.8 Å². The Morgan fingerprint density at radius 2 is 1.86 bits per heavy atom. The standard InChI is InChI=1S/C29H34N4O4/c1-20-19-30-29(37-20)24(18-22-8-5-4-6-9-22)31-28(34)26-21(2)33(13-12-32-14-16-36-17-15-32)27-23(26)10-7-11-25(27)35-3/h4-11,19,24H,12-18H2,1-3H3,(H,31,34)/t24-/m0/s1. The minimum Gasteiger partial charge on any atom is -0.495 e. The zero-order valence-corrected chi connectivity index (χ0v) is 21.7. The van der Waals surface area contributed by atoms with Gasteiger partial charge >= 0.3 is 0 Å². The molecule has 8 heteroatoms. The lowest BCUT2D eigenvalue weighted by molar-refractivity contribution is 0.0365. The number of nitrogens with zero attached hydrogens (tertiary/aromatic N) is 3. The van der Waals surface area contributed by atoms with E-state index in [0.29, 0.717) is 23.6 Å². The summed E-state index contributed by atoms with van der Waals surface area (Å²) in [7, 11) is 1.67. The summed E-state index contributed by atoms with van der Waals surface area (Å²) in [6.07, 6.45) is 2.26. The van der Waals surface area contributed by atoms with E-state index in [4.69, 9.17) is 13.9 Å². The first-order valence-corrected chi connectivity index (χ1v) is 12.8. The lowest BCUT2D eigenvalue weighted by Gasteiger charge is -2.27. The molecule has 1 N–H and O–H groups in total. The van der Waals surface area contributed by atoms with Gasteiger partial charge in [-0.1, -0.05) is 42.5 Å². The molecule has 37 heavy (non-hydrogen) atoms. The van der Waals surface area contributed by atoms with Crippen molar-refractivity contribution in [2.24, 2.45) is 0 Å². The molecular formula is C29H34N4O4. The van der Waals surface area contributed by atoms with E-state index in [1.165, 1.54) is 0 Å². The number of para-hydroxylation sites is 1. The van der Waals surface area contributed by atoms with E-state index in [9.17, 15) is 4.79 Å². The summed E-state index contributed by atoms with van der Waals surface area (Å²) in [5.74, 6) is 1.81. The molecule has 0 spiro atoms. The summed E-state index contributed by atoms with van der Waals surface area (Å²) in [6, 6.07) is 15.5. The van der Waals surface area contributed by atoms with Crippen LogP contribution in [0.2, 0.25) is 0 Å². The van der Waals surface area contributed by atoms with Crippen molar-refractivity contribution >= 4 is 16.8 Å². The predicted molar refractivity (Wildman–Crippen MR) is 142 cm³/mol. The van der Waals surface area contributed by atoms with Crippen molar-refractivity contribution in [3.63, 3.8) is 0 Å². The molecule has 1 fully saturated rings. The highest BCUT2D eigenvalue weighted by atomic mass is 16.5. The van der Waals surface area contributed by atoms with Gasteiger partial charge in [-0.15, -0.1) is 0 Å². The number of amides is 1. The maximum Gasteiger partial charge on any atom is 0.254 e. The van der Waals surface area contributed by atoms with Crippen LogP contribution in [0.3, 0.4) is 0 Å². The Morgan fingerprint density at radius 3 is 2.57 bits per heavy atom. The number of ether oxygens (including phenoxy) is 2. The second kappa shape index (κ2) is 11.2. The number of carbonyl (C=O) groups is 1. The Morgan fingerprint density at radius 1 is 1.08 bits per heavy atom. The molecule has 8 nitrogen and oxygen atoms in total. The highest BCUT2D eigenvalue weighted by Crippen LogP contribution is 2.33. The molecule has 0 saturated carbocycles. The number of morpholine rings is 1. The van der Waals surface area contributed by atoms with Crippen molar-refractivity contribution in [2.45, 2.75) is 32.9 Å². The first-order valence-electron chi connectivity index (χ1n) is 12.8. The molecule has 0 bridgehead atoms. The molecule has 2 aromatic heterocycles. The van der Waals surface area contributed by atoms with Crippen LogP contribution < -0.4 is 10.1 Å². The quantitative estimate of drug-likeness (QED) is 0.368. The number of nitrogens with one attached hydrogen (secondary N) is 1. The number of aromatic nitrogens is 2. The van der Waals surface area contributed by atoms with Gasteiger partial charge in [0.1, 0.15) is 17.6 Å². The van der Waals surface area contributed by atoms with Crippen LogP contribution in [-0.2, 0) is 17.7 Å². The third-order valence-corrected chi connectivity index (χ3v) is 7.02. The van der Waals surface area contributed by atoms with Crippen LogP contribution in [0.1, 0.15) is 39.3 Å². The molecule has 0 unspecified atom stereocenters. The molecular weight excluding hydrogens is 468 g/mol. The Labute approximate surface area is 217 Å². The van der Waals surface area contributed by atoms with Crippen molar-refractivity contribution in [2.75, 3.05) is 40.0 Å². The van der Waals surface area contributed by atoms with Gasteiger partial charge in [0, 0.05) is 43.7 Å². The maximum atomic E-state index is 13.9. The monoisotopic (exact) mass is 502 g/mol. The molecule has 1 amide bonds. The van der Waals surface area contributed by atoms with Gasteiger partial charge in [-0.2, -0.15) is 0 Å². The number of aryl methyl sites for hydroxylation is 1. The van der Waals surface area contributed by atoms with Crippen LogP contribution in [0, 0.1) is 13.8 Å². The molecule has 3 heterocycles. The number of benzene rings is 2. The van der Waals surface area contributed by atoms with Crippen LogP contribution >= 0.6 is 0 Å². The Balaban J connectivity index is 1.48. The summed E-state index contributed by atoms with van der Waals surface area (Å²) in [5, 5.41) is 4.10. The molecule has 1 saturated heterocycles. The van der Waals surface area contributed by atoms with E-state index in [1.807, 2.05) is 62.4 Å². The minimum atomic E-state index is -0.402. The Kier molecular flexibility index (Phi) is 7.58. The molecule has 0 radical (unpaired) electrons. The molecule has 2 aromatic carbocycles. The maximum absolute atomic E-state index is 13.9. The van der Waals surface area contributed by atoms with E-state index in [1.54, 1.807) is 13.3 Å². The van der Waals surface area contributed by atoms with E-state index < -0.39 is 6.04 Å². The van der Waals surface area contributed by atoms with E-state index >= 15 is 0 Å². The van der Waals surface area contributed by atoms with Crippen molar-refractivity contribution in [1.29, 1.82) is 0 Å². The molecule has 1 atom stereocenters. The number of rotatable bonds is 9. The Bertz CT molecular complexity index is 1360. The van der Waals surface area contributed by atoms with Crippen LogP contribution in [0.15, 0.2) is 59.1 Å². The van der Waals surface area contributed by atoms with E-state index in [-0.39, 0.29) is 5.91 Å². The Hall–Kier alpha value is -3.62. The van der Waals surface area contributed by atoms with Gasteiger partial charge in [-0.25, -0.2) is 4.98 Å². The third-order valence-electron chi connectivity index (χ3n) is 7.02. The van der Waals surface area contributed by atoms with Crippen molar-refractivity contribution in [3.8, 4) is 5.75 Å². The fourth-order valence-corrected chi connectivity index (χ4v) is 5.11. The second-order valence-corrected chi connectivity index (χ2v) is 9.45. The first kappa shape index (κ1) is 25.0. The SMILES string of the molecule is COc1cccc2c(C(=O)N[C@@H](Cc3ccccc3)c3ncc(C)o3)c(C)n(CCN3CCOCC3)c12. The van der Waals surface area contributed by atoms with Crippen LogP contribution in [0.4, 0.5) is 0 Å². The summed E-state index contributed by atoms with van der Waals surface area (Å²) < 4.78 is 19.3. The predicted octanol–water partition coefficient (Wildman–Crippen LogP) is 4.30. The van der Waals surface area contributed by atoms with Gasteiger partial charge in [0.25, 0.3) is 5.91 Å². The molecule has 0 aliphatic carbocycles. The van der Waals surface area contributed by atoms with Gasteiger partial charge in [-0.05, 0) is 25.5 Å². The largest absolute Gasteiger partial charge is 0.495 e. The number of carbonyl (C=O) groups excluding carboxylic acids is 1.